The number of hydrogen-bond acceptors (Lipinski definition) is 1. The molecule has 1 aromatic heterocycles. The molecule has 0 radical (unpaired) electrons. The Bertz CT molecular complexity index is 426. The number of fused-ring (bicyclic) bond motifs is 1. The van der Waals surface area contributed by atoms with Crippen LogP contribution in [0.5, 0.6) is 0 Å². The van der Waals surface area contributed by atoms with Crippen LogP contribution in [-0.2, 0) is 6.54 Å². The molecular weight excluding hydrogens is 160 g/mol. The highest BCUT2D eigenvalue weighted by Crippen LogP contribution is 2.31. The molecule has 2 aromatic rings. The number of para-hydroxylation sites is 2. The summed E-state index contributed by atoms with van der Waals surface area (Å²) in [7, 11) is 0. The van der Waals surface area contributed by atoms with E-state index in [0.717, 1.165) is 18.0 Å². The van der Waals surface area contributed by atoms with Gasteiger partial charge < -0.3 is 4.57 Å². The zero-order valence-corrected chi connectivity index (χ0v) is 7.48. The molecule has 0 amide bonds. The van der Waals surface area contributed by atoms with Gasteiger partial charge in [-0.3, -0.25) is 0 Å². The zero-order chi connectivity index (χ0) is 8.67. The molecule has 2 nitrogen and oxygen atoms in total. The summed E-state index contributed by atoms with van der Waals surface area (Å²) in [5, 5.41) is 0. The summed E-state index contributed by atoms with van der Waals surface area (Å²) < 4.78 is 2.27. The van der Waals surface area contributed by atoms with Crippen molar-refractivity contribution < 1.29 is 0 Å². The van der Waals surface area contributed by atoms with Crippen molar-refractivity contribution in [2.75, 3.05) is 0 Å². The molecule has 0 spiro atoms. The molecule has 0 bridgehead atoms. The summed E-state index contributed by atoms with van der Waals surface area (Å²) in [5.41, 5.74) is 2.39. The van der Waals surface area contributed by atoms with E-state index in [2.05, 4.69) is 27.8 Å². The third-order valence-corrected chi connectivity index (χ3v) is 2.68. The van der Waals surface area contributed by atoms with Crippen molar-refractivity contribution in [1.82, 2.24) is 9.55 Å². The number of hydrogen-bond donors (Lipinski definition) is 0. The average molecular weight is 172 g/mol. The first kappa shape index (κ1) is 7.13. The molecule has 0 aliphatic heterocycles. The summed E-state index contributed by atoms with van der Waals surface area (Å²) >= 11 is 0. The molecule has 2 heteroatoms. The first-order valence-corrected chi connectivity index (χ1v) is 4.83. The second kappa shape index (κ2) is 2.59. The van der Waals surface area contributed by atoms with E-state index in [9.17, 15) is 0 Å². The van der Waals surface area contributed by atoms with Crippen LogP contribution in [0.25, 0.3) is 11.0 Å². The smallest absolute Gasteiger partial charge is 0.0958 e. The van der Waals surface area contributed by atoms with Gasteiger partial charge in [-0.1, -0.05) is 12.1 Å². The van der Waals surface area contributed by atoms with Crippen molar-refractivity contribution >= 4 is 11.0 Å². The molecule has 1 heterocycles. The molecule has 0 N–H and O–H groups in total. The highest BCUT2D eigenvalue weighted by molar-refractivity contribution is 5.74. The fourth-order valence-corrected chi connectivity index (χ4v) is 1.73. The summed E-state index contributed by atoms with van der Waals surface area (Å²) in [6.45, 7) is 1.15. The largest absolute Gasteiger partial charge is 0.330 e. The summed E-state index contributed by atoms with van der Waals surface area (Å²) in [6.07, 6.45) is 4.75. The van der Waals surface area contributed by atoms with Gasteiger partial charge >= 0.3 is 0 Å². The fraction of sp³-hybridized carbons (Fsp3) is 0.364. The Kier molecular flexibility index (Phi) is 1.42. The molecule has 0 saturated heterocycles. The molecule has 3 rings (SSSR count). The normalized spacial score (nSPS) is 16.6. The Labute approximate surface area is 77.2 Å². The fourth-order valence-electron chi connectivity index (χ4n) is 1.73. The van der Waals surface area contributed by atoms with Crippen molar-refractivity contribution in [3.05, 3.63) is 30.6 Å². The summed E-state index contributed by atoms with van der Waals surface area (Å²) in [4.78, 5) is 4.36. The monoisotopic (exact) mass is 172 g/mol. The second-order valence-electron chi connectivity index (χ2n) is 3.83. The molecule has 1 aliphatic carbocycles. The third kappa shape index (κ3) is 1.22. The number of benzene rings is 1. The number of nitrogens with zero attached hydrogens (tertiary/aromatic N) is 2. The topological polar surface area (TPSA) is 17.8 Å². The molecule has 66 valence electrons. The Morgan fingerprint density at radius 1 is 1.31 bits per heavy atom. The van der Waals surface area contributed by atoms with Crippen LogP contribution in [0.3, 0.4) is 0 Å². The first-order chi connectivity index (χ1) is 6.43. The predicted octanol–water partition coefficient (Wildman–Crippen LogP) is 2.45. The van der Waals surface area contributed by atoms with Gasteiger partial charge in [0.05, 0.1) is 17.4 Å². The molecule has 1 fully saturated rings. The number of rotatable bonds is 2. The van der Waals surface area contributed by atoms with E-state index in [-0.39, 0.29) is 0 Å². The van der Waals surface area contributed by atoms with Gasteiger partial charge in [-0.25, -0.2) is 4.98 Å². The minimum Gasteiger partial charge on any atom is -0.330 e. The van der Waals surface area contributed by atoms with Crippen molar-refractivity contribution in [3.8, 4) is 0 Å². The van der Waals surface area contributed by atoms with Gasteiger partial charge in [0.15, 0.2) is 0 Å². The van der Waals surface area contributed by atoms with Crippen LogP contribution in [0.1, 0.15) is 12.8 Å². The first-order valence-electron chi connectivity index (χ1n) is 4.83. The zero-order valence-electron chi connectivity index (χ0n) is 7.48. The lowest BCUT2D eigenvalue weighted by Crippen LogP contribution is -1.96. The summed E-state index contributed by atoms with van der Waals surface area (Å²) in [5.74, 6) is 0.914. The van der Waals surface area contributed by atoms with Gasteiger partial charge in [0.1, 0.15) is 0 Å². The van der Waals surface area contributed by atoms with Crippen LogP contribution < -0.4 is 0 Å². The van der Waals surface area contributed by atoms with E-state index in [1.54, 1.807) is 0 Å². The second-order valence-corrected chi connectivity index (χ2v) is 3.83. The maximum atomic E-state index is 4.36. The average Bonchev–Trinajstić information content (AvgIpc) is 2.88. The Hall–Kier alpha value is -1.31. The number of imidazole rings is 1. The van der Waals surface area contributed by atoms with E-state index < -0.39 is 0 Å². The lowest BCUT2D eigenvalue weighted by atomic mass is 10.3. The van der Waals surface area contributed by atoms with E-state index in [1.165, 1.54) is 18.4 Å². The van der Waals surface area contributed by atoms with E-state index in [1.807, 2.05) is 12.4 Å². The Morgan fingerprint density at radius 3 is 3.00 bits per heavy atom. The van der Waals surface area contributed by atoms with Crippen LogP contribution >= 0.6 is 0 Å². The molecule has 0 atom stereocenters. The maximum absolute atomic E-state index is 4.36. The van der Waals surface area contributed by atoms with Crippen LogP contribution in [-0.4, -0.2) is 9.55 Å². The van der Waals surface area contributed by atoms with E-state index >= 15 is 0 Å². The molecule has 1 saturated carbocycles. The summed E-state index contributed by atoms with van der Waals surface area (Å²) in [6, 6.07) is 8.33. The maximum Gasteiger partial charge on any atom is 0.0958 e. The standard InChI is InChI=1S/C11H12N2/c1-2-4-11-10(3-1)12-8-13(11)7-9-5-6-9/h1-4,8-9H,5-7H2. The lowest BCUT2D eigenvalue weighted by molar-refractivity contribution is 0.642. The molecule has 13 heavy (non-hydrogen) atoms. The van der Waals surface area contributed by atoms with E-state index in [4.69, 9.17) is 0 Å². The minimum absolute atomic E-state index is 0.914. The molecule has 1 aliphatic rings. The number of aromatic nitrogens is 2. The van der Waals surface area contributed by atoms with Crippen molar-refractivity contribution in [3.63, 3.8) is 0 Å². The predicted molar refractivity (Wildman–Crippen MR) is 52.5 cm³/mol. The third-order valence-electron chi connectivity index (χ3n) is 2.68. The Balaban J connectivity index is 2.06. The highest BCUT2D eigenvalue weighted by atomic mass is 15.0. The molecule has 0 unspecified atom stereocenters. The van der Waals surface area contributed by atoms with Crippen LogP contribution in [0, 0.1) is 5.92 Å². The Morgan fingerprint density at radius 2 is 2.15 bits per heavy atom. The molecular formula is C11H12N2. The lowest BCUT2D eigenvalue weighted by Gasteiger charge is -2.00. The molecule has 1 aromatic carbocycles. The van der Waals surface area contributed by atoms with Gasteiger partial charge in [0, 0.05) is 6.54 Å². The van der Waals surface area contributed by atoms with Gasteiger partial charge in [-0.05, 0) is 30.9 Å². The highest BCUT2D eigenvalue weighted by Gasteiger charge is 2.22. The van der Waals surface area contributed by atoms with Crippen LogP contribution in [0.4, 0.5) is 0 Å². The minimum atomic E-state index is 0.914. The van der Waals surface area contributed by atoms with Crippen LogP contribution in [0.2, 0.25) is 0 Å². The van der Waals surface area contributed by atoms with Crippen LogP contribution in [0.15, 0.2) is 30.6 Å². The van der Waals surface area contributed by atoms with Crippen molar-refractivity contribution in [2.45, 2.75) is 19.4 Å². The van der Waals surface area contributed by atoms with Gasteiger partial charge in [-0.15, -0.1) is 0 Å². The van der Waals surface area contributed by atoms with Gasteiger partial charge in [-0.2, -0.15) is 0 Å². The SMILES string of the molecule is c1ccc2c(c1)ncn2CC1CC1. The van der Waals surface area contributed by atoms with Gasteiger partial charge in [0.2, 0.25) is 0 Å². The quantitative estimate of drug-likeness (QED) is 0.680. The van der Waals surface area contributed by atoms with Gasteiger partial charge in [0.25, 0.3) is 0 Å². The van der Waals surface area contributed by atoms with E-state index in [0.29, 0.717) is 0 Å². The van der Waals surface area contributed by atoms with Crippen molar-refractivity contribution in [2.24, 2.45) is 5.92 Å². The van der Waals surface area contributed by atoms with Crippen molar-refractivity contribution in [1.29, 1.82) is 0 Å².